The third-order valence-electron chi connectivity index (χ3n) is 2.46. The van der Waals surface area contributed by atoms with Crippen LogP contribution in [-0.4, -0.2) is 21.6 Å². The van der Waals surface area contributed by atoms with Gasteiger partial charge in [0.05, 0.1) is 17.3 Å². The highest BCUT2D eigenvalue weighted by molar-refractivity contribution is 6.04. The van der Waals surface area contributed by atoms with Crippen LogP contribution >= 0.6 is 0 Å². The molecule has 0 spiro atoms. The number of aryl methyl sites for hydroxylation is 1. The second-order valence-electron chi connectivity index (χ2n) is 3.92. The fourth-order valence-electron chi connectivity index (χ4n) is 1.53. The summed E-state index contributed by atoms with van der Waals surface area (Å²) in [5.41, 5.74) is 5.39. The van der Waals surface area contributed by atoms with Crippen LogP contribution in [0.3, 0.4) is 0 Å². The van der Waals surface area contributed by atoms with E-state index >= 15 is 0 Å². The highest BCUT2D eigenvalue weighted by Crippen LogP contribution is 2.15. The maximum absolute atomic E-state index is 13.3. The number of carbonyl (C=O) groups is 2. The number of carbonyl (C=O) groups excluding carboxylic acids is 2. The standard InChI is InChI=1S/C12H11FN4O2/c1-17-6-7(5-15-17)12(19)16-8-2-3-10(13)9(4-8)11(14)18/h2-6H,1H3,(H2,14,18)(H,16,19). The number of aromatic nitrogens is 2. The van der Waals surface area contributed by atoms with Crippen molar-refractivity contribution in [1.29, 1.82) is 0 Å². The van der Waals surface area contributed by atoms with Gasteiger partial charge in [0, 0.05) is 18.9 Å². The summed E-state index contributed by atoms with van der Waals surface area (Å²) in [7, 11) is 1.68. The topological polar surface area (TPSA) is 90.0 Å². The molecule has 0 atom stereocenters. The lowest BCUT2D eigenvalue weighted by Crippen LogP contribution is -2.15. The highest BCUT2D eigenvalue weighted by Gasteiger charge is 2.12. The van der Waals surface area contributed by atoms with Gasteiger partial charge in [-0.25, -0.2) is 4.39 Å². The van der Waals surface area contributed by atoms with Crippen molar-refractivity contribution in [1.82, 2.24) is 9.78 Å². The molecule has 0 unspecified atom stereocenters. The number of hydrogen-bond donors (Lipinski definition) is 2. The first-order valence-corrected chi connectivity index (χ1v) is 5.36. The molecule has 0 bridgehead atoms. The molecule has 19 heavy (non-hydrogen) atoms. The maximum Gasteiger partial charge on any atom is 0.258 e. The van der Waals surface area contributed by atoms with Gasteiger partial charge in [-0.05, 0) is 18.2 Å². The molecule has 3 N–H and O–H groups in total. The molecule has 6 nitrogen and oxygen atoms in total. The SMILES string of the molecule is Cn1cc(C(=O)Nc2ccc(F)c(C(N)=O)c2)cn1. The van der Waals surface area contributed by atoms with Crippen LogP contribution in [0.5, 0.6) is 0 Å². The van der Waals surface area contributed by atoms with Crippen molar-refractivity contribution in [3.63, 3.8) is 0 Å². The van der Waals surface area contributed by atoms with E-state index in [1.54, 1.807) is 7.05 Å². The number of hydrogen-bond acceptors (Lipinski definition) is 3. The summed E-state index contributed by atoms with van der Waals surface area (Å²) in [5.74, 6) is -2.03. The van der Waals surface area contributed by atoms with E-state index in [4.69, 9.17) is 5.73 Å². The van der Waals surface area contributed by atoms with Crippen LogP contribution in [-0.2, 0) is 7.05 Å². The lowest BCUT2D eigenvalue weighted by molar-refractivity contribution is 0.0992. The number of nitrogens with two attached hydrogens (primary N) is 1. The van der Waals surface area contributed by atoms with Crippen LogP contribution in [0.4, 0.5) is 10.1 Å². The zero-order chi connectivity index (χ0) is 14.0. The molecule has 0 aliphatic heterocycles. The van der Waals surface area contributed by atoms with Gasteiger partial charge in [0.15, 0.2) is 0 Å². The summed E-state index contributed by atoms with van der Waals surface area (Å²) in [6, 6.07) is 3.60. The summed E-state index contributed by atoms with van der Waals surface area (Å²) in [5, 5.41) is 6.39. The van der Waals surface area contributed by atoms with E-state index in [1.165, 1.54) is 29.2 Å². The zero-order valence-corrected chi connectivity index (χ0v) is 10.1. The third-order valence-corrected chi connectivity index (χ3v) is 2.46. The second kappa shape index (κ2) is 4.89. The van der Waals surface area contributed by atoms with Crippen LogP contribution in [0.1, 0.15) is 20.7 Å². The number of amides is 2. The smallest absolute Gasteiger partial charge is 0.258 e. The minimum Gasteiger partial charge on any atom is -0.366 e. The van der Waals surface area contributed by atoms with Crippen LogP contribution < -0.4 is 11.1 Å². The van der Waals surface area contributed by atoms with E-state index in [-0.39, 0.29) is 11.3 Å². The van der Waals surface area contributed by atoms with Crippen molar-refractivity contribution in [3.8, 4) is 0 Å². The quantitative estimate of drug-likeness (QED) is 0.861. The average Bonchev–Trinajstić information content (AvgIpc) is 2.78. The highest BCUT2D eigenvalue weighted by atomic mass is 19.1. The number of anilines is 1. The summed E-state index contributed by atoms with van der Waals surface area (Å²) in [4.78, 5) is 22.8. The first-order chi connectivity index (χ1) is 8.97. The molecule has 2 aromatic rings. The summed E-state index contributed by atoms with van der Waals surface area (Å²) < 4.78 is 14.7. The Morgan fingerprint density at radius 3 is 2.74 bits per heavy atom. The van der Waals surface area contributed by atoms with Crippen molar-refractivity contribution < 1.29 is 14.0 Å². The normalized spacial score (nSPS) is 10.2. The fourth-order valence-corrected chi connectivity index (χ4v) is 1.53. The number of nitrogens with one attached hydrogen (secondary N) is 1. The molecular weight excluding hydrogens is 251 g/mol. The monoisotopic (exact) mass is 262 g/mol. The van der Waals surface area contributed by atoms with E-state index in [1.807, 2.05) is 0 Å². The first kappa shape index (κ1) is 12.7. The number of benzene rings is 1. The van der Waals surface area contributed by atoms with Crippen LogP contribution in [0.15, 0.2) is 30.6 Å². The van der Waals surface area contributed by atoms with Gasteiger partial charge in [-0.3, -0.25) is 14.3 Å². The van der Waals surface area contributed by atoms with Gasteiger partial charge < -0.3 is 11.1 Å². The lowest BCUT2D eigenvalue weighted by Gasteiger charge is -2.05. The zero-order valence-electron chi connectivity index (χ0n) is 10.1. The number of nitrogens with zero attached hydrogens (tertiary/aromatic N) is 2. The van der Waals surface area contributed by atoms with Crippen molar-refractivity contribution in [2.24, 2.45) is 12.8 Å². The predicted octanol–water partition coefficient (Wildman–Crippen LogP) is 0.910. The van der Waals surface area contributed by atoms with E-state index in [0.29, 0.717) is 5.56 Å². The van der Waals surface area contributed by atoms with E-state index in [0.717, 1.165) is 6.07 Å². The van der Waals surface area contributed by atoms with Crippen LogP contribution in [0.2, 0.25) is 0 Å². The van der Waals surface area contributed by atoms with Crippen molar-refractivity contribution in [2.45, 2.75) is 0 Å². The van der Waals surface area contributed by atoms with Crippen LogP contribution in [0.25, 0.3) is 0 Å². The summed E-state index contributed by atoms with van der Waals surface area (Å²) in [6.45, 7) is 0. The summed E-state index contributed by atoms with van der Waals surface area (Å²) >= 11 is 0. The lowest BCUT2D eigenvalue weighted by atomic mass is 10.1. The van der Waals surface area contributed by atoms with Crippen molar-refractivity contribution in [2.75, 3.05) is 5.32 Å². The molecule has 2 rings (SSSR count). The van der Waals surface area contributed by atoms with Crippen molar-refractivity contribution in [3.05, 3.63) is 47.5 Å². The Morgan fingerprint density at radius 1 is 1.42 bits per heavy atom. The van der Waals surface area contributed by atoms with Gasteiger partial charge in [-0.2, -0.15) is 5.10 Å². The Bertz CT molecular complexity index is 651. The Labute approximate surface area is 108 Å². The summed E-state index contributed by atoms with van der Waals surface area (Å²) in [6.07, 6.45) is 2.93. The minimum absolute atomic E-state index is 0.274. The predicted molar refractivity (Wildman–Crippen MR) is 66.1 cm³/mol. The van der Waals surface area contributed by atoms with E-state index < -0.39 is 17.6 Å². The van der Waals surface area contributed by atoms with E-state index in [9.17, 15) is 14.0 Å². The molecule has 0 radical (unpaired) electrons. The molecule has 1 aromatic heterocycles. The molecule has 1 heterocycles. The van der Waals surface area contributed by atoms with Gasteiger partial charge >= 0.3 is 0 Å². The van der Waals surface area contributed by atoms with Gasteiger partial charge in [-0.1, -0.05) is 0 Å². The van der Waals surface area contributed by atoms with Gasteiger partial charge in [0.2, 0.25) is 0 Å². The minimum atomic E-state index is -0.894. The van der Waals surface area contributed by atoms with Gasteiger partial charge in [-0.15, -0.1) is 0 Å². The largest absolute Gasteiger partial charge is 0.366 e. The molecule has 0 aliphatic carbocycles. The molecular formula is C12H11FN4O2. The van der Waals surface area contributed by atoms with Crippen LogP contribution in [0, 0.1) is 5.82 Å². The Kier molecular flexibility index (Phi) is 3.28. The molecule has 98 valence electrons. The molecule has 7 heteroatoms. The Morgan fingerprint density at radius 2 is 2.16 bits per heavy atom. The maximum atomic E-state index is 13.3. The first-order valence-electron chi connectivity index (χ1n) is 5.36. The third kappa shape index (κ3) is 2.76. The fraction of sp³-hybridized carbons (Fsp3) is 0.0833. The number of halogens is 1. The number of primary amides is 1. The van der Waals surface area contributed by atoms with Gasteiger partial charge in [0.25, 0.3) is 11.8 Å². The average molecular weight is 262 g/mol. The molecule has 0 aliphatic rings. The van der Waals surface area contributed by atoms with Crippen molar-refractivity contribution >= 4 is 17.5 Å². The van der Waals surface area contributed by atoms with Gasteiger partial charge in [0.1, 0.15) is 5.82 Å². The van der Waals surface area contributed by atoms with E-state index in [2.05, 4.69) is 10.4 Å². The molecule has 0 saturated heterocycles. The molecule has 0 fully saturated rings. The Hall–Kier alpha value is -2.70. The molecule has 1 aromatic carbocycles. The Balaban J connectivity index is 2.22. The second-order valence-corrected chi connectivity index (χ2v) is 3.92. The molecule has 2 amide bonds. The molecule has 0 saturated carbocycles. The number of rotatable bonds is 3.